The first-order valence-corrected chi connectivity index (χ1v) is 16.5. The van der Waals surface area contributed by atoms with Crippen LogP contribution >= 0.6 is 15.2 Å². The Labute approximate surface area is 253 Å². The summed E-state index contributed by atoms with van der Waals surface area (Å²) in [7, 11) is -13.1. The quantitative estimate of drug-likeness (QED) is 0.0580. The van der Waals surface area contributed by atoms with Gasteiger partial charge in [0.1, 0.15) is 17.4 Å². The molecule has 1 aromatic heterocycles. The van der Waals surface area contributed by atoms with Crippen molar-refractivity contribution >= 4 is 40.0 Å². The van der Waals surface area contributed by atoms with E-state index in [1.54, 1.807) is 30.3 Å². The minimum absolute atomic E-state index is 0.0259. The Balaban J connectivity index is 2.08. The van der Waals surface area contributed by atoms with Crippen LogP contribution in [0.2, 0.25) is 0 Å². The largest absolute Gasteiger partial charge is 0.475 e. The fourth-order valence-electron chi connectivity index (χ4n) is 3.98. The van der Waals surface area contributed by atoms with Crippen molar-refractivity contribution in [2.24, 2.45) is 5.92 Å². The Morgan fingerprint density at radius 1 is 0.909 bits per heavy atom. The van der Waals surface area contributed by atoms with E-state index in [0.29, 0.717) is 5.56 Å². The highest BCUT2D eigenvalue weighted by Gasteiger charge is 2.58. The lowest BCUT2D eigenvalue weighted by Gasteiger charge is -2.29. The molecule has 0 fully saturated rings. The van der Waals surface area contributed by atoms with Crippen molar-refractivity contribution in [1.29, 1.82) is 0 Å². The molecule has 242 valence electrons. The molecule has 0 bridgehead atoms. The van der Waals surface area contributed by atoms with Crippen LogP contribution in [-0.2, 0) is 20.3 Å². The van der Waals surface area contributed by atoms with Crippen molar-refractivity contribution in [1.82, 2.24) is 25.9 Å². The first-order chi connectivity index (χ1) is 20.4. The summed E-state index contributed by atoms with van der Waals surface area (Å²) >= 11 is 0. The molecule has 3 amide bonds. The monoisotopic (exact) mass is 659 g/mol. The topological polar surface area (TPSA) is 289 Å². The van der Waals surface area contributed by atoms with Gasteiger partial charge < -0.3 is 50.7 Å². The zero-order valence-corrected chi connectivity index (χ0v) is 25.6. The number of carbonyl (C=O) groups excluding carboxylic acids is 3. The third kappa shape index (κ3) is 10.5. The fraction of sp³-hybridized carbons (Fsp3) is 0.458. The second-order valence-electron chi connectivity index (χ2n) is 10.4. The summed E-state index contributed by atoms with van der Waals surface area (Å²) in [4.78, 5) is 82.8. The van der Waals surface area contributed by atoms with Crippen molar-refractivity contribution in [2.75, 3.05) is 6.54 Å². The zero-order valence-electron chi connectivity index (χ0n) is 23.8. The maximum Gasteiger partial charge on any atom is 0.475 e. The third-order valence-corrected chi connectivity index (χ3v) is 10.2. The summed E-state index contributed by atoms with van der Waals surface area (Å²) < 4.78 is 22.8. The van der Waals surface area contributed by atoms with Gasteiger partial charge in [0.25, 0.3) is 16.9 Å². The van der Waals surface area contributed by atoms with Crippen LogP contribution in [0.4, 0.5) is 0 Å². The fourth-order valence-corrected chi connectivity index (χ4v) is 6.24. The molecule has 1 heterocycles. The van der Waals surface area contributed by atoms with Crippen molar-refractivity contribution in [3.8, 4) is 0 Å². The number of aliphatic hydroxyl groups is 1. The molecule has 44 heavy (non-hydrogen) atoms. The molecule has 1 aromatic carbocycles. The molecule has 0 aliphatic rings. The van der Waals surface area contributed by atoms with Crippen LogP contribution < -0.4 is 16.0 Å². The van der Waals surface area contributed by atoms with Crippen LogP contribution in [0.15, 0.2) is 42.7 Å². The summed E-state index contributed by atoms with van der Waals surface area (Å²) in [6, 6.07) is 7.60. The number of nitrogens with zero attached hydrogens (tertiary/aromatic N) is 2. The number of aromatic nitrogens is 2. The van der Waals surface area contributed by atoms with Gasteiger partial charge in [-0.15, -0.1) is 0 Å². The molecule has 0 aliphatic carbocycles. The lowest BCUT2D eigenvalue weighted by Crippen LogP contribution is -2.55. The molecular formula is C24H36BN5O12P2. The summed E-state index contributed by atoms with van der Waals surface area (Å²) in [5, 5.41) is 33.1. The molecule has 0 aliphatic heterocycles. The Morgan fingerprint density at radius 2 is 1.45 bits per heavy atom. The summed E-state index contributed by atoms with van der Waals surface area (Å²) in [5.41, 5.74) is 0.159. The Morgan fingerprint density at radius 3 is 1.93 bits per heavy atom. The highest BCUT2D eigenvalue weighted by molar-refractivity contribution is 7.72. The number of rotatable bonds is 16. The van der Waals surface area contributed by atoms with Gasteiger partial charge in [0.2, 0.25) is 5.91 Å². The van der Waals surface area contributed by atoms with Crippen molar-refractivity contribution in [3.05, 3.63) is 59.7 Å². The third-order valence-electron chi connectivity index (χ3n) is 6.34. The molecule has 2 atom stereocenters. The molecule has 0 unspecified atom stereocenters. The average molecular weight is 659 g/mol. The zero-order chi connectivity index (χ0) is 33.3. The SMILES string of the molecule is CC(C)C[C@H](NC(=O)[C@H](Cc1ccccc1)NC(=O)c1cnc(C(=O)NCCCC(O)(P(=O)(O)O)P(=O)(O)O)cn1)B(O)O. The maximum absolute atomic E-state index is 13.1. The number of nitrogens with one attached hydrogen (secondary N) is 3. The number of hydrogen-bond donors (Lipinski definition) is 10. The lowest BCUT2D eigenvalue weighted by molar-refractivity contribution is -0.123. The van der Waals surface area contributed by atoms with Crippen LogP contribution in [0.25, 0.3) is 0 Å². The highest BCUT2D eigenvalue weighted by Crippen LogP contribution is 2.69. The van der Waals surface area contributed by atoms with Crippen LogP contribution in [0.5, 0.6) is 0 Å². The van der Waals surface area contributed by atoms with E-state index in [9.17, 15) is 38.7 Å². The molecule has 0 radical (unpaired) electrons. The first-order valence-electron chi connectivity index (χ1n) is 13.3. The van der Waals surface area contributed by atoms with E-state index < -0.39 is 69.9 Å². The van der Waals surface area contributed by atoms with Gasteiger partial charge in [-0.3, -0.25) is 23.5 Å². The van der Waals surface area contributed by atoms with Crippen LogP contribution in [-0.4, -0.2) is 93.1 Å². The minimum Gasteiger partial charge on any atom is -0.426 e. The Kier molecular flexibility index (Phi) is 13.3. The molecule has 17 nitrogen and oxygen atoms in total. The van der Waals surface area contributed by atoms with Crippen molar-refractivity contribution in [2.45, 2.75) is 56.6 Å². The molecule has 2 aromatic rings. The molecule has 10 N–H and O–H groups in total. The first kappa shape index (κ1) is 37.1. The summed E-state index contributed by atoms with van der Waals surface area (Å²) in [6.45, 7) is 3.32. The van der Waals surface area contributed by atoms with Gasteiger partial charge in [0.15, 0.2) is 0 Å². The van der Waals surface area contributed by atoms with Crippen LogP contribution in [0, 0.1) is 5.92 Å². The highest BCUT2D eigenvalue weighted by atomic mass is 31.2. The predicted octanol–water partition coefficient (Wildman–Crippen LogP) is -1.13. The smallest absolute Gasteiger partial charge is 0.426 e. The summed E-state index contributed by atoms with van der Waals surface area (Å²) in [6.07, 6.45) is 0.766. The van der Waals surface area contributed by atoms with E-state index in [1.165, 1.54) is 0 Å². The van der Waals surface area contributed by atoms with E-state index in [0.717, 1.165) is 12.4 Å². The van der Waals surface area contributed by atoms with Gasteiger partial charge in [-0.25, -0.2) is 9.97 Å². The summed E-state index contributed by atoms with van der Waals surface area (Å²) in [5.74, 6) is -3.30. The van der Waals surface area contributed by atoms with E-state index in [4.69, 9.17) is 19.6 Å². The number of benzene rings is 1. The van der Waals surface area contributed by atoms with Crippen LogP contribution in [0.1, 0.15) is 59.7 Å². The van der Waals surface area contributed by atoms with Gasteiger partial charge in [-0.2, -0.15) is 0 Å². The van der Waals surface area contributed by atoms with E-state index in [2.05, 4.69) is 25.9 Å². The van der Waals surface area contributed by atoms with Crippen LogP contribution in [0.3, 0.4) is 0 Å². The van der Waals surface area contributed by atoms with Crippen molar-refractivity contribution in [3.63, 3.8) is 0 Å². The molecule has 0 saturated carbocycles. The van der Waals surface area contributed by atoms with E-state index in [1.807, 2.05) is 13.8 Å². The number of carbonyl (C=O) groups is 3. The second-order valence-corrected chi connectivity index (χ2v) is 14.4. The lowest BCUT2D eigenvalue weighted by atomic mass is 9.75. The Hall–Kier alpha value is -3.05. The second kappa shape index (κ2) is 15.8. The predicted molar refractivity (Wildman–Crippen MR) is 156 cm³/mol. The van der Waals surface area contributed by atoms with Gasteiger partial charge >= 0.3 is 22.3 Å². The molecule has 2 rings (SSSR count). The number of amides is 3. The van der Waals surface area contributed by atoms with Gasteiger partial charge in [-0.1, -0.05) is 44.2 Å². The Bertz CT molecular complexity index is 1350. The average Bonchev–Trinajstić information content (AvgIpc) is 2.93. The van der Waals surface area contributed by atoms with Gasteiger partial charge in [-0.05, 0) is 24.3 Å². The van der Waals surface area contributed by atoms with E-state index >= 15 is 0 Å². The normalized spacial score (nSPS) is 13.6. The minimum atomic E-state index is -5.63. The molecule has 20 heteroatoms. The molecule has 0 saturated heterocycles. The molecular weight excluding hydrogens is 623 g/mol. The standard InChI is InChI=1S/C24H36BN5O12P2/c1-15(2)11-20(25(35)36)30-22(32)17(12-16-7-4-3-5-8-16)29-23(33)19-14-27-18(13-28-19)21(31)26-10-6-9-24(34,43(37,38)39)44(40,41)42/h3-5,7-8,13-15,17,20,34-36H,6,9-12H2,1-2H3,(H,26,31)(H,29,33)(H,30,32)(H2,37,38,39)(H2,40,41,42)/t17-,20-/m0/s1. The van der Waals surface area contributed by atoms with Crippen molar-refractivity contribution < 1.29 is 58.2 Å². The maximum atomic E-state index is 13.1. The number of hydrogen-bond acceptors (Lipinski definition) is 10. The van der Waals surface area contributed by atoms with Gasteiger partial charge in [0.05, 0.1) is 18.3 Å². The van der Waals surface area contributed by atoms with Gasteiger partial charge in [0, 0.05) is 19.4 Å². The van der Waals surface area contributed by atoms with E-state index in [-0.39, 0.29) is 36.7 Å². The molecule has 0 spiro atoms.